The topological polar surface area (TPSA) is 0 Å². The van der Waals surface area contributed by atoms with Gasteiger partial charge in [-0.2, -0.15) is 25.7 Å². The minimum absolute atomic E-state index is 0. The van der Waals surface area contributed by atoms with E-state index in [1.54, 1.807) is 0 Å². The summed E-state index contributed by atoms with van der Waals surface area (Å²) in [5.74, 6) is 1.47. The molecule has 0 rings (SSSR count). The Bertz CT molecular complexity index is 62.5. The fourth-order valence-corrected chi connectivity index (χ4v) is 0.607. The Morgan fingerprint density at radius 1 is 0.520 bits per heavy atom. The maximum atomic E-state index is 2.24. The van der Waals surface area contributed by atoms with Crippen molar-refractivity contribution >= 4 is 0 Å². The largest absolute Gasteiger partial charge is 0.331 e. The summed E-state index contributed by atoms with van der Waals surface area (Å²) in [5.41, 5.74) is 0. The first kappa shape index (κ1) is 63.4. The van der Waals surface area contributed by atoms with Crippen LogP contribution in [-0.2, 0) is 32.7 Å². The average molecular weight is 442 g/mol. The summed E-state index contributed by atoms with van der Waals surface area (Å²) in [7, 11) is 0. The molecule has 0 heterocycles. The molecule has 0 unspecified atom stereocenters. The Morgan fingerprint density at radius 2 is 0.600 bits per heavy atom. The summed E-state index contributed by atoms with van der Waals surface area (Å²) < 4.78 is 0. The average Bonchev–Trinajstić information content (AvgIpc) is 2.62. The second kappa shape index (κ2) is 118. The molecule has 0 aliphatic rings. The van der Waals surface area contributed by atoms with Gasteiger partial charge in [-0.3, -0.25) is 0 Å². The third-order valence-electron chi connectivity index (χ3n) is 1.88. The predicted octanol–water partition coefficient (Wildman–Crippen LogP) is 10.9. The van der Waals surface area contributed by atoms with Crippen LogP contribution in [0.5, 0.6) is 0 Å². The van der Waals surface area contributed by atoms with Crippen LogP contribution in [0, 0.1) is 24.7 Å². The minimum atomic E-state index is 0. The van der Waals surface area contributed by atoms with E-state index in [4.69, 9.17) is 0 Å². The van der Waals surface area contributed by atoms with Gasteiger partial charge in [-0.15, -0.1) is 0 Å². The van der Waals surface area contributed by atoms with Gasteiger partial charge in [0.1, 0.15) is 0 Å². The Morgan fingerprint density at radius 3 is 0.640 bits per heavy atom. The van der Waals surface area contributed by atoms with E-state index in [0.717, 1.165) is 11.8 Å². The first-order chi connectivity index (χ1) is 10.5. The third kappa shape index (κ3) is 162. The van der Waals surface area contributed by atoms with Crippen LogP contribution in [0.3, 0.4) is 0 Å². The second-order valence-corrected chi connectivity index (χ2v) is 3.80. The fraction of sp³-hybridized carbons (Fsp3) is 0.917. The predicted molar refractivity (Wildman–Crippen MR) is 129 cm³/mol. The minimum Gasteiger partial charge on any atom is -0.331 e. The molecule has 1 radical (unpaired) electrons. The molecule has 0 aromatic carbocycles. The van der Waals surface area contributed by atoms with Crippen LogP contribution >= 0.6 is 0 Å². The molecular weight excluding hydrogens is 377 g/mol. The van der Waals surface area contributed by atoms with Crippen molar-refractivity contribution in [3.63, 3.8) is 0 Å². The maximum absolute atomic E-state index is 2.24. The van der Waals surface area contributed by atoms with E-state index in [-0.39, 0.29) is 47.6 Å². The van der Waals surface area contributed by atoms with Gasteiger partial charge >= 0.3 is 0 Å². The van der Waals surface area contributed by atoms with Crippen molar-refractivity contribution in [1.29, 1.82) is 0 Å². The zero-order chi connectivity index (χ0) is 20.0. The summed E-state index contributed by atoms with van der Waals surface area (Å²) in [6.07, 6.45) is 6.98. The molecule has 0 nitrogen and oxygen atoms in total. The SMILES string of the molecule is C.C.CC.CC.CC.CC.CCC.CCC.C[CH-][C@@H](C)[C@@H](C)[CH-]C.[Y]. The van der Waals surface area contributed by atoms with Gasteiger partial charge in [0, 0.05) is 32.7 Å². The summed E-state index contributed by atoms with van der Waals surface area (Å²) in [5, 5.41) is 0. The van der Waals surface area contributed by atoms with E-state index in [0.29, 0.717) is 0 Å². The molecule has 0 saturated heterocycles. The van der Waals surface area contributed by atoms with Crippen LogP contribution in [0.15, 0.2) is 0 Å². The van der Waals surface area contributed by atoms with E-state index in [9.17, 15) is 0 Å². The maximum Gasteiger partial charge on any atom is 0 e. The van der Waals surface area contributed by atoms with Crippen LogP contribution < -0.4 is 0 Å². The first-order valence-corrected chi connectivity index (χ1v) is 10.1. The molecule has 25 heavy (non-hydrogen) atoms. The van der Waals surface area contributed by atoms with Crippen LogP contribution in [0.4, 0.5) is 0 Å². The standard InChI is InChI=1S/C8H16.2C3H8.4C2H6.2CH4.Y/c1-5-7(3)8(4)6-2;2*1-3-2;4*1-2;;;/h5-8H,1-4H3;2*3H2,1-2H3;4*1-2H3;2*1H4;/q-2;;;;;;;;;/t7-,8+;;;;;;;;;. The van der Waals surface area contributed by atoms with Crippen LogP contribution in [-0.4, -0.2) is 0 Å². The molecule has 165 valence electrons. The van der Waals surface area contributed by atoms with E-state index in [1.165, 1.54) is 12.8 Å². The van der Waals surface area contributed by atoms with E-state index in [1.807, 2.05) is 55.4 Å². The van der Waals surface area contributed by atoms with Gasteiger partial charge in [0.2, 0.25) is 0 Å². The molecule has 1 heteroatoms. The van der Waals surface area contributed by atoms with Gasteiger partial charge in [0.25, 0.3) is 0 Å². The second-order valence-electron chi connectivity index (χ2n) is 3.80. The summed E-state index contributed by atoms with van der Waals surface area (Å²) >= 11 is 0. The van der Waals surface area contributed by atoms with Gasteiger partial charge in [-0.05, 0) is 0 Å². The van der Waals surface area contributed by atoms with E-state index in [2.05, 4.69) is 68.2 Å². The van der Waals surface area contributed by atoms with Gasteiger partial charge in [0.05, 0.1) is 0 Å². The van der Waals surface area contributed by atoms with Crippen molar-refractivity contribution in [3.8, 4) is 0 Å². The summed E-state index contributed by atoms with van der Waals surface area (Å²) in [4.78, 5) is 0. The fourth-order valence-electron chi connectivity index (χ4n) is 0.607. The Balaban J connectivity index is -0.0000000144. The normalized spacial score (nSPS) is 8.16. The van der Waals surface area contributed by atoms with Crippen LogP contribution in [0.1, 0.15) is 138 Å². The number of rotatable bonds is 3. The molecule has 0 saturated carbocycles. The molecule has 0 spiro atoms. The third-order valence-corrected chi connectivity index (χ3v) is 1.88. The number of hydrogen-bond acceptors (Lipinski definition) is 0. The molecule has 0 aliphatic heterocycles. The zero-order valence-corrected chi connectivity index (χ0v) is 23.1. The quantitative estimate of drug-likeness (QED) is 0.382. The molecule has 0 N–H and O–H groups in total. The Hall–Kier alpha value is 1.10. The van der Waals surface area contributed by atoms with Gasteiger partial charge < -0.3 is 12.8 Å². The van der Waals surface area contributed by atoms with Crippen LogP contribution in [0.25, 0.3) is 0 Å². The smallest absolute Gasteiger partial charge is 0 e. The molecule has 0 aromatic heterocycles. The van der Waals surface area contributed by atoms with Gasteiger partial charge in [-0.25, -0.2) is 0 Å². The van der Waals surface area contributed by atoms with Crippen molar-refractivity contribution < 1.29 is 32.7 Å². The molecule has 0 bridgehead atoms. The summed E-state index contributed by atoms with van der Waals surface area (Å²) in [6, 6.07) is 0. The molecule has 0 aliphatic carbocycles. The Kier molecular flexibility index (Phi) is 300. The van der Waals surface area contributed by atoms with Crippen molar-refractivity contribution in [2.24, 2.45) is 11.8 Å². The van der Waals surface area contributed by atoms with Crippen molar-refractivity contribution in [2.45, 2.75) is 138 Å². The van der Waals surface area contributed by atoms with Crippen molar-refractivity contribution in [2.75, 3.05) is 0 Å². The van der Waals surface area contributed by atoms with E-state index < -0.39 is 0 Å². The first-order valence-electron chi connectivity index (χ1n) is 10.1. The molecule has 2 atom stereocenters. The Labute approximate surface area is 195 Å². The van der Waals surface area contributed by atoms with E-state index >= 15 is 0 Å². The molecule has 0 amide bonds. The van der Waals surface area contributed by atoms with Crippen LogP contribution in [0.2, 0.25) is 0 Å². The molecular formula is C24H64Y-2. The van der Waals surface area contributed by atoms with Gasteiger partial charge in [0.15, 0.2) is 0 Å². The number of hydrogen-bond donors (Lipinski definition) is 0. The van der Waals surface area contributed by atoms with Gasteiger partial charge in [-0.1, -0.05) is 125 Å². The van der Waals surface area contributed by atoms with Crippen molar-refractivity contribution in [3.05, 3.63) is 12.8 Å². The molecule has 0 aromatic rings. The molecule has 0 fully saturated rings. The monoisotopic (exact) mass is 441 g/mol. The van der Waals surface area contributed by atoms with Crippen molar-refractivity contribution in [1.82, 2.24) is 0 Å². The summed E-state index contributed by atoms with van der Waals surface area (Å²) in [6.45, 7) is 33.2. The zero-order valence-electron chi connectivity index (χ0n) is 20.3.